The minimum absolute atomic E-state index is 0.0327. The zero-order valence-electron chi connectivity index (χ0n) is 10.9. The number of carbonyl (C=O) groups excluding carboxylic acids is 2. The highest BCUT2D eigenvalue weighted by molar-refractivity contribution is 6.02. The molecule has 2 heterocycles. The molecule has 2 aromatic rings. The third kappa shape index (κ3) is 2.16. The van der Waals surface area contributed by atoms with E-state index in [4.69, 9.17) is 4.74 Å². The van der Waals surface area contributed by atoms with Crippen LogP contribution in [0, 0.1) is 6.92 Å². The van der Waals surface area contributed by atoms with Crippen LogP contribution in [0.3, 0.4) is 0 Å². The molecule has 0 radical (unpaired) electrons. The van der Waals surface area contributed by atoms with Gasteiger partial charge in [-0.25, -0.2) is 4.98 Å². The van der Waals surface area contributed by atoms with Crippen molar-refractivity contribution < 1.29 is 14.3 Å². The Morgan fingerprint density at radius 3 is 3.05 bits per heavy atom. The van der Waals surface area contributed by atoms with E-state index in [0.29, 0.717) is 11.4 Å². The number of rotatable bonds is 2. The number of nitrogens with zero attached hydrogens (tertiary/aromatic N) is 3. The quantitative estimate of drug-likeness (QED) is 0.824. The van der Waals surface area contributed by atoms with Crippen molar-refractivity contribution in [2.45, 2.75) is 6.92 Å². The predicted octanol–water partition coefficient (Wildman–Crippen LogP) is 1.26. The molecule has 20 heavy (non-hydrogen) atoms. The van der Waals surface area contributed by atoms with Gasteiger partial charge in [-0.05, 0) is 24.6 Å². The second-order valence-corrected chi connectivity index (χ2v) is 4.60. The molecule has 102 valence electrons. The van der Waals surface area contributed by atoms with Gasteiger partial charge in [-0.15, -0.1) is 0 Å². The first-order valence-corrected chi connectivity index (χ1v) is 6.20. The lowest BCUT2D eigenvalue weighted by Gasteiger charge is -2.29. The average Bonchev–Trinajstić information content (AvgIpc) is 2.96. The molecular formula is C14H13N3O3. The summed E-state index contributed by atoms with van der Waals surface area (Å²) in [6.45, 7) is 1.84. The van der Waals surface area contributed by atoms with Crippen LogP contribution in [0.4, 0.5) is 5.69 Å². The molecule has 0 bridgehead atoms. The monoisotopic (exact) mass is 271 g/mol. The highest BCUT2D eigenvalue weighted by Crippen LogP contribution is 2.32. The molecule has 0 atom stereocenters. The summed E-state index contributed by atoms with van der Waals surface area (Å²) in [6, 6.07) is 5.56. The minimum Gasteiger partial charge on any atom is -0.482 e. The smallest absolute Gasteiger partial charge is 0.265 e. The number of imidazole rings is 1. The van der Waals surface area contributed by atoms with Gasteiger partial charge in [-0.3, -0.25) is 19.1 Å². The van der Waals surface area contributed by atoms with Crippen LogP contribution in [0.1, 0.15) is 10.4 Å². The Morgan fingerprint density at radius 1 is 1.45 bits per heavy atom. The summed E-state index contributed by atoms with van der Waals surface area (Å²) in [5.41, 5.74) is 1.64. The van der Waals surface area contributed by atoms with Crippen LogP contribution in [0.5, 0.6) is 5.75 Å². The SMILES string of the molecule is Cc1ccc2c(c1)N(CC(=O)n1ccnc1)C(=O)CO2. The Balaban J connectivity index is 1.91. The molecule has 1 aromatic heterocycles. The number of hydrogen-bond donors (Lipinski definition) is 0. The molecule has 1 aromatic carbocycles. The second-order valence-electron chi connectivity index (χ2n) is 4.60. The number of amides is 1. The molecule has 1 aliphatic heterocycles. The molecule has 0 fully saturated rings. The van der Waals surface area contributed by atoms with E-state index in [1.54, 1.807) is 6.20 Å². The summed E-state index contributed by atoms with van der Waals surface area (Å²) in [5, 5.41) is 0. The number of anilines is 1. The zero-order chi connectivity index (χ0) is 14.1. The summed E-state index contributed by atoms with van der Waals surface area (Å²) in [4.78, 5) is 29.4. The standard InChI is InChI=1S/C14H13N3O3/c1-10-2-3-12-11(6-10)17(14(19)8-20-12)7-13(18)16-5-4-15-9-16/h2-6,9H,7-8H2,1H3. The van der Waals surface area contributed by atoms with Crippen molar-refractivity contribution in [3.05, 3.63) is 42.5 Å². The average molecular weight is 271 g/mol. The van der Waals surface area contributed by atoms with E-state index in [1.807, 2.05) is 25.1 Å². The molecule has 6 nitrogen and oxygen atoms in total. The number of benzene rings is 1. The van der Waals surface area contributed by atoms with Gasteiger partial charge >= 0.3 is 0 Å². The van der Waals surface area contributed by atoms with Gasteiger partial charge in [0.05, 0.1) is 5.69 Å². The van der Waals surface area contributed by atoms with Crippen molar-refractivity contribution in [2.75, 3.05) is 18.1 Å². The highest BCUT2D eigenvalue weighted by atomic mass is 16.5. The van der Waals surface area contributed by atoms with Crippen LogP contribution in [0.15, 0.2) is 36.9 Å². The number of aryl methyl sites for hydroxylation is 1. The maximum absolute atomic E-state index is 12.1. The Kier molecular flexibility index (Phi) is 2.98. The van der Waals surface area contributed by atoms with E-state index in [-0.39, 0.29) is 25.0 Å². The topological polar surface area (TPSA) is 64.4 Å². The Labute approximate surface area is 115 Å². The zero-order valence-corrected chi connectivity index (χ0v) is 10.9. The predicted molar refractivity (Wildman–Crippen MR) is 71.9 cm³/mol. The first kappa shape index (κ1) is 12.4. The molecule has 0 spiro atoms. The number of aromatic nitrogens is 2. The van der Waals surface area contributed by atoms with Crippen LogP contribution in [0.25, 0.3) is 0 Å². The van der Waals surface area contributed by atoms with Gasteiger partial charge in [0.2, 0.25) is 0 Å². The van der Waals surface area contributed by atoms with Crippen molar-refractivity contribution in [1.29, 1.82) is 0 Å². The Morgan fingerprint density at radius 2 is 2.30 bits per heavy atom. The van der Waals surface area contributed by atoms with E-state index in [9.17, 15) is 9.59 Å². The second kappa shape index (κ2) is 4.80. The molecule has 3 rings (SSSR count). The number of ether oxygens (including phenoxy) is 1. The highest BCUT2D eigenvalue weighted by Gasteiger charge is 2.27. The minimum atomic E-state index is -0.225. The van der Waals surface area contributed by atoms with Crippen LogP contribution in [-0.4, -0.2) is 34.5 Å². The van der Waals surface area contributed by atoms with Gasteiger partial charge in [0, 0.05) is 12.4 Å². The van der Waals surface area contributed by atoms with E-state index in [0.717, 1.165) is 5.56 Å². The van der Waals surface area contributed by atoms with Crippen LogP contribution >= 0.6 is 0 Å². The van der Waals surface area contributed by atoms with E-state index in [1.165, 1.54) is 22.0 Å². The molecule has 0 N–H and O–H groups in total. The van der Waals surface area contributed by atoms with Crippen molar-refractivity contribution in [3.63, 3.8) is 0 Å². The van der Waals surface area contributed by atoms with Gasteiger partial charge in [0.15, 0.2) is 6.61 Å². The molecule has 1 amide bonds. The molecule has 0 aliphatic carbocycles. The van der Waals surface area contributed by atoms with Crippen molar-refractivity contribution in [3.8, 4) is 5.75 Å². The lowest BCUT2D eigenvalue weighted by molar-refractivity contribution is -0.121. The first-order valence-electron chi connectivity index (χ1n) is 6.20. The van der Waals surface area contributed by atoms with Gasteiger partial charge < -0.3 is 4.74 Å². The molecule has 6 heteroatoms. The fourth-order valence-corrected chi connectivity index (χ4v) is 2.11. The Bertz CT molecular complexity index is 664. The first-order chi connectivity index (χ1) is 9.65. The molecular weight excluding hydrogens is 258 g/mol. The maximum atomic E-state index is 12.1. The van der Waals surface area contributed by atoms with E-state index >= 15 is 0 Å². The fraction of sp³-hybridized carbons (Fsp3) is 0.214. The Hall–Kier alpha value is -2.63. The van der Waals surface area contributed by atoms with Gasteiger partial charge in [-0.1, -0.05) is 6.07 Å². The van der Waals surface area contributed by atoms with E-state index < -0.39 is 0 Å². The molecule has 0 unspecified atom stereocenters. The largest absolute Gasteiger partial charge is 0.482 e. The van der Waals surface area contributed by atoms with Crippen LogP contribution in [-0.2, 0) is 4.79 Å². The third-order valence-electron chi connectivity index (χ3n) is 3.14. The summed E-state index contributed by atoms with van der Waals surface area (Å²) in [5.74, 6) is 0.176. The van der Waals surface area contributed by atoms with Gasteiger partial charge in [0.25, 0.3) is 11.8 Å². The normalized spacial score (nSPS) is 13.8. The van der Waals surface area contributed by atoms with Gasteiger partial charge in [0.1, 0.15) is 18.6 Å². The lowest BCUT2D eigenvalue weighted by Crippen LogP contribution is -2.43. The van der Waals surface area contributed by atoms with E-state index in [2.05, 4.69) is 4.98 Å². The summed E-state index contributed by atoms with van der Waals surface area (Å²) in [7, 11) is 0. The fourth-order valence-electron chi connectivity index (χ4n) is 2.11. The molecule has 0 saturated carbocycles. The molecule has 1 aliphatic rings. The number of fused-ring (bicyclic) bond motifs is 1. The van der Waals surface area contributed by atoms with Crippen molar-refractivity contribution >= 4 is 17.5 Å². The van der Waals surface area contributed by atoms with Crippen molar-refractivity contribution in [1.82, 2.24) is 9.55 Å². The lowest BCUT2D eigenvalue weighted by atomic mass is 10.1. The number of hydrogen-bond acceptors (Lipinski definition) is 4. The number of carbonyl (C=O) groups is 2. The summed E-state index contributed by atoms with van der Waals surface area (Å²) in [6.07, 6.45) is 4.51. The maximum Gasteiger partial charge on any atom is 0.265 e. The van der Waals surface area contributed by atoms with Gasteiger partial charge in [-0.2, -0.15) is 0 Å². The third-order valence-corrected chi connectivity index (χ3v) is 3.14. The summed E-state index contributed by atoms with van der Waals surface area (Å²) >= 11 is 0. The van der Waals surface area contributed by atoms with Crippen LogP contribution in [0.2, 0.25) is 0 Å². The molecule has 0 saturated heterocycles. The van der Waals surface area contributed by atoms with Crippen molar-refractivity contribution in [2.24, 2.45) is 0 Å². The van der Waals surface area contributed by atoms with Crippen LogP contribution < -0.4 is 9.64 Å². The summed E-state index contributed by atoms with van der Waals surface area (Å²) < 4.78 is 6.73.